The van der Waals surface area contributed by atoms with Gasteiger partial charge in [0, 0.05) is 26.1 Å². The molecule has 5 nitrogen and oxygen atoms in total. The molecule has 3 rings (SSSR count). The molecular formula is C14H21N5. The Kier molecular flexibility index (Phi) is 3.36. The molecule has 3 aliphatic heterocycles. The molecule has 0 saturated carbocycles. The predicted octanol–water partition coefficient (Wildman–Crippen LogP) is 2.35. The van der Waals surface area contributed by atoms with E-state index in [1.54, 1.807) is 0 Å². The van der Waals surface area contributed by atoms with Gasteiger partial charge in [0.05, 0.1) is 6.33 Å². The van der Waals surface area contributed by atoms with Crippen molar-refractivity contribution in [3.8, 4) is 11.5 Å². The normalized spacial score (nSPS) is 16.2. The lowest BCUT2D eigenvalue weighted by Crippen LogP contribution is -2.31. The second kappa shape index (κ2) is 5.15. The Morgan fingerprint density at radius 1 is 1.11 bits per heavy atom. The Bertz CT molecular complexity index is 527. The number of aryl methyl sites for hydroxylation is 2. The maximum atomic E-state index is 4.68. The van der Waals surface area contributed by atoms with Gasteiger partial charge in [0.25, 0.3) is 0 Å². The molecule has 0 aromatic carbocycles. The zero-order chi connectivity index (χ0) is 13.2. The van der Waals surface area contributed by atoms with E-state index in [1.165, 1.54) is 19.3 Å². The van der Waals surface area contributed by atoms with E-state index >= 15 is 0 Å². The van der Waals surface area contributed by atoms with Crippen LogP contribution in [0.1, 0.15) is 38.9 Å². The monoisotopic (exact) mass is 259 g/mol. The van der Waals surface area contributed by atoms with Gasteiger partial charge in [0.1, 0.15) is 5.82 Å². The topological polar surface area (TPSA) is 46.8 Å². The van der Waals surface area contributed by atoms with Crippen LogP contribution in [0.2, 0.25) is 0 Å². The quantitative estimate of drug-likeness (QED) is 0.849. The number of fused-ring (bicyclic) bond motifs is 1. The van der Waals surface area contributed by atoms with Gasteiger partial charge in [0.2, 0.25) is 0 Å². The first kappa shape index (κ1) is 12.4. The van der Waals surface area contributed by atoms with Crippen molar-refractivity contribution in [1.82, 2.24) is 19.5 Å². The van der Waals surface area contributed by atoms with Crippen LogP contribution in [0.4, 0.5) is 5.82 Å². The lowest BCUT2D eigenvalue weighted by Gasteiger charge is -2.29. The predicted molar refractivity (Wildman–Crippen MR) is 75.6 cm³/mol. The van der Waals surface area contributed by atoms with Crippen LogP contribution in [-0.4, -0.2) is 32.6 Å². The largest absolute Gasteiger partial charge is 0.355 e. The Hall–Kier alpha value is -1.65. The highest BCUT2D eigenvalue weighted by molar-refractivity contribution is 5.68. The van der Waals surface area contributed by atoms with Gasteiger partial charge in [-0.25, -0.2) is 15.0 Å². The van der Waals surface area contributed by atoms with Crippen LogP contribution in [0.15, 0.2) is 6.33 Å². The number of aromatic nitrogens is 4. The highest BCUT2D eigenvalue weighted by Crippen LogP contribution is 2.30. The van der Waals surface area contributed by atoms with Gasteiger partial charge in [-0.1, -0.05) is 6.92 Å². The minimum atomic E-state index is 0.873. The van der Waals surface area contributed by atoms with E-state index in [2.05, 4.69) is 38.3 Å². The third kappa shape index (κ3) is 2.17. The molecule has 0 radical (unpaired) electrons. The summed E-state index contributed by atoms with van der Waals surface area (Å²) in [5.41, 5.74) is 0.975. The Labute approximate surface area is 114 Å². The highest BCUT2D eigenvalue weighted by Gasteiger charge is 2.23. The number of hydrogen-bond acceptors (Lipinski definition) is 4. The van der Waals surface area contributed by atoms with Crippen LogP contribution in [0.3, 0.4) is 0 Å². The maximum absolute atomic E-state index is 4.68. The minimum Gasteiger partial charge on any atom is -0.355 e. The Morgan fingerprint density at radius 3 is 2.58 bits per heavy atom. The number of hydrogen-bond donors (Lipinski definition) is 0. The molecule has 0 aliphatic carbocycles. The first-order valence-corrected chi connectivity index (χ1v) is 7.30. The third-order valence-electron chi connectivity index (χ3n) is 3.80. The van der Waals surface area contributed by atoms with Crippen LogP contribution in [0.25, 0.3) is 11.5 Å². The van der Waals surface area contributed by atoms with Crippen molar-refractivity contribution in [2.45, 2.75) is 46.1 Å². The number of rotatable bonds is 3. The van der Waals surface area contributed by atoms with E-state index in [4.69, 9.17) is 0 Å². The zero-order valence-electron chi connectivity index (χ0n) is 11.8. The van der Waals surface area contributed by atoms with Crippen molar-refractivity contribution in [2.24, 2.45) is 0 Å². The van der Waals surface area contributed by atoms with E-state index in [0.29, 0.717) is 0 Å². The second-order valence-electron chi connectivity index (χ2n) is 5.07. The van der Waals surface area contributed by atoms with Gasteiger partial charge in [0.15, 0.2) is 17.3 Å². The zero-order valence-corrected chi connectivity index (χ0v) is 11.8. The van der Waals surface area contributed by atoms with Crippen LogP contribution in [0, 0.1) is 0 Å². The van der Waals surface area contributed by atoms with Crippen LogP contribution in [0.5, 0.6) is 0 Å². The molecule has 1 saturated heterocycles. The molecule has 19 heavy (non-hydrogen) atoms. The summed E-state index contributed by atoms with van der Waals surface area (Å²) in [6.45, 7) is 7.27. The maximum Gasteiger partial charge on any atom is 0.165 e. The lowest BCUT2D eigenvalue weighted by molar-refractivity contribution is 0.571. The summed E-state index contributed by atoms with van der Waals surface area (Å²) in [6.07, 6.45) is 6.60. The smallest absolute Gasteiger partial charge is 0.165 e. The average Bonchev–Trinajstić information content (AvgIpc) is 2.91. The summed E-state index contributed by atoms with van der Waals surface area (Å²) < 4.78 is 2.08. The van der Waals surface area contributed by atoms with E-state index in [-0.39, 0.29) is 0 Å². The summed E-state index contributed by atoms with van der Waals surface area (Å²) in [6, 6.07) is 0. The molecule has 0 atom stereocenters. The van der Waals surface area contributed by atoms with Crippen LogP contribution >= 0.6 is 0 Å². The number of piperidine rings is 1. The first-order valence-electron chi connectivity index (χ1n) is 7.30. The highest BCUT2D eigenvalue weighted by atomic mass is 15.2. The minimum absolute atomic E-state index is 0.873. The molecule has 0 bridgehead atoms. The van der Waals surface area contributed by atoms with Crippen molar-refractivity contribution in [2.75, 3.05) is 18.0 Å². The van der Waals surface area contributed by atoms with Gasteiger partial charge < -0.3 is 9.47 Å². The fourth-order valence-corrected chi connectivity index (χ4v) is 2.70. The van der Waals surface area contributed by atoms with Crippen molar-refractivity contribution in [3.05, 3.63) is 12.2 Å². The fourth-order valence-electron chi connectivity index (χ4n) is 2.70. The summed E-state index contributed by atoms with van der Waals surface area (Å²) in [4.78, 5) is 16.3. The molecule has 0 amide bonds. The van der Waals surface area contributed by atoms with Crippen molar-refractivity contribution >= 4 is 5.82 Å². The number of anilines is 1. The summed E-state index contributed by atoms with van der Waals surface area (Å²) in [7, 11) is 0. The average molecular weight is 259 g/mol. The molecule has 0 aromatic rings. The van der Waals surface area contributed by atoms with Crippen LogP contribution in [-0.2, 0) is 13.0 Å². The Morgan fingerprint density at radius 2 is 1.89 bits per heavy atom. The summed E-state index contributed by atoms with van der Waals surface area (Å²) in [5.74, 6) is 2.92. The van der Waals surface area contributed by atoms with Gasteiger partial charge in [-0.15, -0.1) is 0 Å². The Balaban J connectivity index is 2.06. The molecule has 0 unspecified atom stereocenters. The molecule has 5 heteroatoms. The van der Waals surface area contributed by atoms with Crippen molar-refractivity contribution in [3.63, 3.8) is 0 Å². The van der Waals surface area contributed by atoms with Crippen molar-refractivity contribution in [1.29, 1.82) is 0 Å². The van der Waals surface area contributed by atoms with Gasteiger partial charge >= 0.3 is 0 Å². The summed E-state index contributed by atoms with van der Waals surface area (Å²) >= 11 is 0. The molecule has 3 aliphatic rings. The molecule has 0 aromatic heterocycles. The third-order valence-corrected chi connectivity index (χ3v) is 3.80. The molecular weight excluding hydrogens is 238 g/mol. The number of nitrogens with zero attached hydrogens (tertiary/aromatic N) is 5. The van der Waals surface area contributed by atoms with E-state index in [1.807, 2.05) is 6.33 Å². The molecule has 0 N–H and O–H groups in total. The van der Waals surface area contributed by atoms with Gasteiger partial charge in [-0.05, 0) is 26.2 Å². The summed E-state index contributed by atoms with van der Waals surface area (Å²) in [5, 5.41) is 0. The van der Waals surface area contributed by atoms with E-state index < -0.39 is 0 Å². The number of imidazole rings is 1. The van der Waals surface area contributed by atoms with Crippen molar-refractivity contribution < 1.29 is 0 Å². The first-order chi connectivity index (χ1) is 9.33. The standard InChI is InChI=1S/C14H21N5/c1-3-11-16-12-13(19-8-6-5-7-9-19)15-10-18(4-2)14(12)17-11/h10H,3-9H2,1-2H3. The lowest BCUT2D eigenvalue weighted by atomic mass is 10.1. The van der Waals surface area contributed by atoms with E-state index in [0.717, 1.165) is 49.2 Å². The SMILES string of the molecule is CCc1nc2c(N3CCCCC3)ncn(CC)c-2n1. The van der Waals surface area contributed by atoms with Gasteiger partial charge in [-0.2, -0.15) is 0 Å². The fraction of sp³-hybridized carbons (Fsp3) is 0.643. The molecule has 3 heterocycles. The second-order valence-corrected chi connectivity index (χ2v) is 5.07. The van der Waals surface area contributed by atoms with E-state index in [9.17, 15) is 0 Å². The van der Waals surface area contributed by atoms with Crippen LogP contribution < -0.4 is 4.90 Å². The molecule has 1 fully saturated rings. The molecule has 0 spiro atoms. The van der Waals surface area contributed by atoms with Gasteiger partial charge in [-0.3, -0.25) is 0 Å². The molecule has 102 valence electrons.